The summed E-state index contributed by atoms with van der Waals surface area (Å²) in [6, 6.07) is 10.4. The maximum atomic E-state index is 13.0. The van der Waals surface area contributed by atoms with Gasteiger partial charge in [0.2, 0.25) is 5.91 Å². The van der Waals surface area contributed by atoms with Crippen LogP contribution in [0.15, 0.2) is 29.4 Å². The molecule has 0 saturated carbocycles. The van der Waals surface area contributed by atoms with Crippen LogP contribution in [0.25, 0.3) is 11.4 Å². The molecule has 2 aromatic heterocycles. The molecule has 0 aliphatic heterocycles. The van der Waals surface area contributed by atoms with Gasteiger partial charge in [0.15, 0.2) is 11.0 Å². The molecule has 1 N–H and O–H groups in total. The Balaban J connectivity index is 1.52. The largest absolute Gasteiger partial charge is 0.316 e. The van der Waals surface area contributed by atoms with Crippen LogP contribution in [0.3, 0.4) is 0 Å². The monoisotopic (exact) mass is 465 g/mol. The SMILES string of the molecule is CCn1c(SC(C)C(=O)Nc2sc3c(c2C#N)CCCCC3)nnc1-c1ccccc1C. The zero-order chi connectivity index (χ0) is 22.7. The molecule has 1 amide bonds. The van der Waals surface area contributed by atoms with E-state index in [4.69, 9.17) is 0 Å². The maximum absolute atomic E-state index is 13.0. The van der Waals surface area contributed by atoms with Gasteiger partial charge in [-0.15, -0.1) is 21.5 Å². The van der Waals surface area contributed by atoms with Crippen molar-refractivity contribution in [2.24, 2.45) is 0 Å². The average molecular weight is 466 g/mol. The first kappa shape index (κ1) is 22.6. The normalized spacial score (nSPS) is 14.3. The number of hydrogen-bond donors (Lipinski definition) is 1. The molecule has 0 saturated heterocycles. The number of rotatable bonds is 6. The highest BCUT2D eigenvalue weighted by atomic mass is 32.2. The fraction of sp³-hybridized carbons (Fsp3) is 0.417. The van der Waals surface area contributed by atoms with Crippen molar-refractivity contribution in [1.29, 1.82) is 5.26 Å². The first-order valence-corrected chi connectivity index (χ1v) is 12.7. The van der Waals surface area contributed by atoms with Gasteiger partial charge in [0.05, 0.1) is 10.8 Å². The minimum Gasteiger partial charge on any atom is -0.316 e. The topological polar surface area (TPSA) is 83.6 Å². The molecule has 1 unspecified atom stereocenters. The van der Waals surface area contributed by atoms with E-state index >= 15 is 0 Å². The van der Waals surface area contributed by atoms with Crippen LogP contribution in [-0.4, -0.2) is 25.9 Å². The van der Waals surface area contributed by atoms with Crippen LogP contribution in [0.2, 0.25) is 0 Å². The van der Waals surface area contributed by atoms with Crippen molar-refractivity contribution in [2.75, 3.05) is 5.32 Å². The van der Waals surface area contributed by atoms with Gasteiger partial charge >= 0.3 is 0 Å². The molecule has 1 aliphatic carbocycles. The third kappa shape index (κ3) is 4.45. The minimum atomic E-state index is -0.373. The molecular weight excluding hydrogens is 438 g/mol. The lowest BCUT2D eigenvalue weighted by atomic mass is 10.1. The van der Waals surface area contributed by atoms with E-state index in [1.54, 1.807) is 11.3 Å². The van der Waals surface area contributed by atoms with Crippen LogP contribution in [0.1, 0.15) is 54.7 Å². The lowest BCUT2D eigenvalue weighted by Crippen LogP contribution is -2.23. The lowest BCUT2D eigenvalue weighted by molar-refractivity contribution is -0.115. The summed E-state index contributed by atoms with van der Waals surface area (Å²) in [6.07, 6.45) is 5.37. The van der Waals surface area contributed by atoms with Gasteiger partial charge in [-0.2, -0.15) is 5.26 Å². The minimum absolute atomic E-state index is 0.119. The Labute approximate surface area is 197 Å². The van der Waals surface area contributed by atoms with Gasteiger partial charge in [-0.1, -0.05) is 42.4 Å². The number of thioether (sulfide) groups is 1. The Hall–Kier alpha value is -2.63. The highest BCUT2D eigenvalue weighted by molar-refractivity contribution is 8.00. The number of thiophene rings is 1. The zero-order valence-corrected chi connectivity index (χ0v) is 20.3. The molecule has 4 rings (SSSR count). The highest BCUT2D eigenvalue weighted by Gasteiger charge is 2.25. The Kier molecular flexibility index (Phi) is 6.97. The van der Waals surface area contributed by atoms with Crippen molar-refractivity contribution in [2.45, 2.75) is 69.8 Å². The van der Waals surface area contributed by atoms with E-state index in [2.05, 4.69) is 41.5 Å². The van der Waals surface area contributed by atoms with Crippen molar-refractivity contribution >= 4 is 34.0 Å². The molecule has 1 aliphatic rings. The van der Waals surface area contributed by atoms with Crippen LogP contribution in [0.4, 0.5) is 5.00 Å². The second kappa shape index (κ2) is 9.88. The summed E-state index contributed by atoms with van der Waals surface area (Å²) in [6.45, 7) is 6.69. The molecule has 0 fully saturated rings. The zero-order valence-electron chi connectivity index (χ0n) is 18.6. The number of fused-ring (bicyclic) bond motifs is 1. The van der Waals surface area contributed by atoms with Crippen LogP contribution in [0, 0.1) is 18.3 Å². The van der Waals surface area contributed by atoms with E-state index in [9.17, 15) is 10.1 Å². The molecule has 166 valence electrons. The summed E-state index contributed by atoms with van der Waals surface area (Å²) in [4.78, 5) is 14.3. The first-order valence-electron chi connectivity index (χ1n) is 11.0. The predicted octanol–water partition coefficient (Wildman–Crippen LogP) is 5.59. The maximum Gasteiger partial charge on any atom is 0.238 e. The van der Waals surface area contributed by atoms with Gasteiger partial charge in [0, 0.05) is 17.0 Å². The molecule has 32 heavy (non-hydrogen) atoms. The van der Waals surface area contributed by atoms with Gasteiger partial charge < -0.3 is 9.88 Å². The second-order valence-electron chi connectivity index (χ2n) is 8.00. The lowest BCUT2D eigenvalue weighted by Gasteiger charge is -2.13. The Bertz CT molecular complexity index is 1170. The summed E-state index contributed by atoms with van der Waals surface area (Å²) >= 11 is 2.96. The third-order valence-electron chi connectivity index (χ3n) is 5.84. The molecular formula is C24H27N5OS2. The van der Waals surface area contributed by atoms with E-state index in [0.717, 1.165) is 53.4 Å². The van der Waals surface area contributed by atoms with Gasteiger partial charge in [0.25, 0.3) is 0 Å². The van der Waals surface area contributed by atoms with Gasteiger partial charge in [-0.05, 0) is 57.6 Å². The number of aryl methyl sites for hydroxylation is 2. The molecule has 6 nitrogen and oxygen atoms in total. The van der Waals surface area contributed by atoms with Gasteiger partial charge in [-0.25, -0.2) is 0 Å². The second-order valence-corrected chi connectivity index (χ2v) is 10.4. The molecule has 1 aromatic carbocycles. The summed E-state index contributed by atoms with van der Waals surface area (Å²) in [5.74, 6) is 0.695. The van der Waals surface area contributed by atoms with Crippen LogP contribution < -0.4 is 5.32 Å². The standard InChI is InChI=1S/C24H27N5OS2/c1-4-29-21(17-11-9-8-10-15(17)2)27-28-24(29)31-16(3)22(30)26-23-19(14-25)18-12-6-5-7-13-20(18)32-23/h8-11,16H,4-7,12-13H2,1-3H3,(H,26,30). The van der Waals surface area contributed by atoms with Crippen molar-refractivity contribution in [3.63, 3.8) is 0 Å². The summed E-state index contributed by atoms with van der Waals surface area (Å²) in [5.41, 5.74) is 3.97. The molecule has 0 bridgehead atoms. The van der Waals surface area contributed by atoms with Crippen molar-refractivity contribution in [1.82, 2.24) is 14.8 Å². The van der Waals surface area contributed by atoms with Crippen LogP contribution in [0.5, 0.6) is 0 Å². The van der Waals surface area contributed by atoms with Crippen molar-refractivity contribution < 1.29 is 4.79 Å². The molecule has 1 atom stereocenters. The number of carbonyl (C=O) groups excluding carboxylic acids is 1. The number of nitrogens with zero attached hydrogens (tertiary/aromatic N) is 4. The Morgan fingerprint density at radius 3 is 2.81 bits per heavy atom. The fourth-order valence-corrected chi connectivity index (χ4v) is 6.21. The van der Waals surface area contributed by atoms with E-state index < -0.39 is 0 Å². The van der Waals surface area contributed by atoms with Gasteiger partial charge in [0.1, 0.15) is 11.1 Å². The molecule has 3 aromatic rings. The number of benzene rings is 1. The number of carbonyl (C=O) groups is 1. The summed E-state index contributed by atoms with van der Waals surface area (Å²) < 4.78 is 2.05. The molecule has 0 radical (unpaired) electrons. The van der Waals surface area contributed by atoms with E-state index in [0.29, 0.717) is 17.1 Å². The Morgan fingerprint density at radius 1 is 1.28 bits per heavy atom. The number of amides is 1. The number of aromatic nitrogens is 3. The number of anilines is 1. The van der Waals surface area contributed by atoms with Crippen molar-refractivity contribution in [3.8, 4) is 17.5 Å². The van der Waals surface area contributed by atoms with Crippen LogP contribution >= 0.6 is 23.1 Å². The predicted molar refractivity (Wildman–Crippen MR) is 130 cm³/mol. The number of hydrogen-bond acceptors (Lipinski definition) is 6. The van der Waals surface area contributed by atoms with E-state index in [1.807, 2.05) is 29.7 Å². The Morgan fingerprint density at radius 2 is 2.06 bits per heavy atom. The first-order chi connectivity index (χ1) is 15.5. The average Bonchev–Trinajstić information content (AvgIpc) is 3.25. The smallest absolute Gasteiger partial charge is 0.238 e. The summed E-state index contributed by atoms with van der Waals surface area (Å²) in [5, 5.41) is 22.6. The molecule has 2 heterocycles. The van der Waals surface area contributed by atoms with E-state index in [-0.39, 0.29) is 11.2 Å². The van der Waals surface area contributed by atoms with Crippen LogP contribution in [-0.2, 0) is 24.2 Å². The van der Waals surface area contributed by atoms with Crippen molar-refractivity contribution in [3.05, 3.63) is 45.8 Å². The summed E-state index contributed by atoms with van der Waals surface area (Å²) in [7, 11) is 0. The molecule has 0 spiro atoms. The third-order valence-corrected chi connectivity index (χ3v) is 8.13. The molecule has 8 heteroatoms. The quantitative estimate of drug-likeness (QED) is 0.379. The highest BCUT2D eigenvalue weighted by Crippen LogP contribution is 2.37. The van der Waals surface area contributed by atoms with E-state index in [1.165, 1.54) is 23.1 Å². The number of nitrogens with one attached hydrogen (secondary N) is 1. The number of nitriles is 1. The fourth-order valence-electron chi connectivity index (χ4n) is 4.06. The van der Waals surface area contributed by atoms with Gasteiger partial charge in [-0.3, -0.25) is 4.79 Å².